The summed E-state index contributed by atoms with van der Waals surface area (Å²) in [4.78, 5) is 6.32. The topological polar surface area (TPSA) is 12.5 Å². The zero-order valence-electron chi connectivity index (χ0n) is 15.7. The van der Waals surface area contributed by atoms with Gasteiger partial charge in [-0.25, -0.2) is 0 Å². The van der Waals surface area contributed by atoms with Crippen molar-refractivity contribution >= 4 is 0 Å². The van der Waals surface area contributed by atoms with Crippen LogP contribution in [0.25, 0.3) is 0 Å². The fraction of sp³-hybridized carbons (Fsp3) is 0.455. The van der Waals surface area contributed by atoms with Crippen molar-refractivity contribution in [1.82, 2.24) is 5.06 Å². The molecule has 0 aromatic heterocycles. The number of hydroxylamine groups is 2. The molecule has 0 saturated heterocycles. The van der Waals surface area contributed by atoms with Crippen molar-refractivity contribution in [2.24, 2.45) is 5.92 Å². The molecule has 0 N–H and O–H groups in total. The van der Waals surface area contributed by atoms with Crippen LogP contribution in [0.2, 0.25) is 0 Å². The second-order valence-corrected chi connectivity index (χ2v) is 7.66. The largest absolute Gasteiger partial charge is 0.298 e. The van der Waals surface area contributed by atoms with Crippen molar-refractivity contribution in [3.8, 4) is 0 Å². The number of benzene rings is 2. The maximum atomic E-state index is 6.32. The summed E-state index contributed by atoms with van der Waals surface area (Å²) in [5.74, 6) is 0.461. The molecule has 24 heavy (non-hydrogen) atoms. The number of nitrogens with zero attached hydrogens (tertiary/aromatic N) is 1. The second-order valence-electron chi connectivity index (χ2n) is 7.66. The molecular formula is C22H31NO. The van der Waals surface area contributed by atoms with Crippen LogP contribution in [0.5, 0.6) is 0 Å². The number of hydrogen-bond acceptors (Lipinski definition) is 2. The Morgan fingerprint density at radius 3 is 1.92 bits per heavy atom. The van der Waals surface area contributed by atoms with E-state index in [1.165, 1.54) is 11.1 Å². The Bertz CT molecular complexity index is 586. The van der Waals surface area contributed by atoms with E-state index in [0.717, 1.165) is 6.42 Å². The van der Waals surface area contributed by atoms with Crippen LogP contribution in [0, 0.1) is 5.92 Å². The van der Waals surface area contributed by atoms with Crippen LogP contribution in [-0.2, 0) is 11.3 Å². The SMILES string of the molecule is CC(C)C(c1ccccc1)N(OCCc1ccccc1)C(C)(C)C. The molecule has 2 aromatic rings. The second kappa shape index (κ2) is 8.46. The highest BCUT2D eigenvalue weighted by atomic mass is 16.7. The highest BCUT2D eigenvalue weighted by molar-refractivity contribution is 5.20. The summed E-state index contributed by atoms with van der Waals surface area (Å²) in [5, 5.41) is 2.19. The first kappa shape index (κ1) is 18.7. The van der Waals surface area contributed by atoms with Crippen LogP contribution in [0.15, 0.2) is 60.7 Å². The molecule has 1 unspecified atom stereocenters. The minimum absolute atomic E-state index is 0.0680. The lowest BCUT2D eigenvalue weighted by molar-refractivity contribution is -0.245. The highest BCUT2D eigenvalue weighted by Crippen LogP contribution is 2.34. The molecular weight excluding hydrogens is 294 g/mol. The van der Waals surface area contributed by atoms with Gasteiger partial charge in [-0.2, -0.15) is 5.06 Å². The summed E-state index contributed by atoms with van der Waals surface area (Å²) in [5.41, 5.74) is 2.55. The van der Waals surface area contributed by atoms with Crippen molar-refractivity contribution in [1.29, 1.82) is 0 Å². The van der Waals surface area contributed by atoms with Gasteiger partial charge in [0, 0.05) is 5.54 Å². The molecule has 2 aromatic carbocycles. The van der Waals surface area contributed by atoms with Gasteiger partial charge < -0.3 is 0 Å². The van der Waals surface area contributed by atoms with E-state index in [0.29, 0.717) is 12.5 Å². The summed E-state index contributed by atoms with van der Waals surface area (Å²) in [6.07, 6.45) is 0.924. The summed E-state index contributed by atoms with van der Waals surface area (Å²) in [6.45, 7) is 11.9. The molecule has 1 atom stereocenters. The van der Waals surface area contributed by atoms with Gasteiger partial charge in [-0.1, -0.05) is 74.5 Å². The third-order valence-electron chi connectivity index (χ3n) is 4.15. The maximum absolute atomic E-state index is 6.32. The predicted molar refractivity (Wildman–Crippen MR) is 102 cm³/mol. The molecule has 0 aliphatic rings. The fourth-order valence-corrected chi connectivity index (χ4v) is 3.04. The van der Waals surface area contributed by atoms with Crippen molar-refractivity contribution in [2.45, 2.75) is 52.6 Å². The van der Waals surface area contributed by atoms with Gasteiger partial charge in [0.1, 0.15) is 0 Å². The average molecular weight is 325 g/mol. The van der Waals surface area contributed by atoms with Crippen molar-refractivity contribution < 1.29 is 4.84 Å². The van der Waals surface area contributed by atoms with Crippen LogP contribution in [0.3, 0.4) is 0 Å². The first-order chi connectivity index (χ1) is 11.4. The molecule has 2 heteroatoms. The van der Waals surface area contributed by atoms with Gasteiger partial charge in [-0.15, -0.1) is 0 Å². The number of rotatable bonds is 7. The monoisotopic (exact) mass is 325 g/mol. The summed E-state index contributed by atoms with van der Waals surface area (Å²) < 4.78 is 0. The van der Waals surface area contributed by atoms with Gasteiger partial charge in [-0.05, 0) is 44.2 Å². The fourth-order valence-electron chi connectivity index (χ4n) is 3.04. The van der Waals surface area contributed by atoms with Gasteiger partial charge in [0.25, 0.3) is 0 Å². The Labute approximate surface area is 147 Å². The van der Waals surface area contributed by atoms with Crippen molar-refractivity contribution in [3.63, 3.8) is 0 Å². The van der Waals surface area contributed by atoms with Crippen LogP contribution >= 0.6 is 0 Å². The zero-order chi connectivity index (χ0) is 17.6. The molecule has 0 amide bonds. The van der Waals surface area contributed by atoms with E-state index in [9.17, 15) is 0 Å². The Morgan fingerprint density at radius 2 is 1.42 bits per heavy atom. The first-order valence-corrected chi connectivity index (χ1v) is 8.90. The highest BCUT2D eigenvalue weighted by Gasteiger charge is 2.33. The first-order valence-electron chi connectivity index (χ1n) is 8.90. The molecule has 0 saturated carbocycles. The van der Waals surface area contributed by atoms with E-state index in [-0.39, 0.29) is 11.6 Å². The van der Waals surface area contributed by atoms with Crippen LogP contribution < -0.4 is 0 Å². The van der Waals surface area contributed by atoms with Gasteiger partial charge in [0.05, 0.1) is 12.6 Å². The van der Waals surface area contributed by atoms with Gasteiger partial charge in [0.15, 0.2) is 0 Å². The minimum atomic E-state index is -0.0680. The molecule has 0 spiro atoms. The lowest BCUT2D eigenvalue weighted by Crippen LogP contribution is -2.45. The smallest absolute Gasteiger partial charge is 0.0726 e. The average Bonchev–Trinajstić information content (AvgIpc) is 2.54. The van der Waals surface area contributed by atoms with Gasteiger partial charge in [0.2, 0.25) is 0 Å². The van der Waals surface area contributed by atoms with Crippen molar-refractivity contribution in [2.75, 3.05) is 6.61 Å². The predicted octanol–water partition coefficient (Wildman–Crippen LogP) is 5.66. The molecule has 0 bridgehead atoms. The standard InChI is InChI=1S/C22H31NO/c1-18(2)21(20-14-10-7-11-15-20)23(22(3,4)5)24-17-16-19-12-8-6-9-13-19/h6-15,18,21H,16-17H2,1-5H3. The molecule has 2 nitrogen and oxygen atoms in total. The van der Waals surface area contributed by atoms with E-state index in [1.54, 1.807) is 0 Å². The molecule has 0 heterocycles. The lowest BCUT2D eigenvalue weighted by atomic mass is 9.92. The van der Waals surface area contributed by atoms with Crippen LogP contribution in [0.4, 0.5) is 0 Å². The van der Waals surface area contributed by atoms with Crippen molar-refractivity contribution in [3.05, 3.63) is 71.8 Å². The van der Waals surface area contributed by atoms with Gasteiger partial charge >= 0.3 is 0 Å². The summed E-state index contributed by atoms with van der Waals surface area (Å²) in [6, 6.07) is 21.4. The Balaban J connectivity index is 2.14. The van der Waals surface area contributed by atoms with Crippen LogP contribution in [-0.4, -0.2) is 17.2 Å². The third-order valence-corrected chi connectivity index (χ3v) is 4.15. The minimum Gasteiger partial charge on any atom is -0.298 e. The summed E-state index contributed by atoms with van der Waals surface area (Å²) in [7, 11) is 0. The summed E-state index contributed by atoms with van der Waals surface area (Å²) >= 11 is 0. The van der Waals surface area contributed by atoms with E-state index in [4.69, 9.17) is 4.84 Å². The van der Waals surface area contributed by atoms with E-state index in [1.807, 2.05) is 0 Å². The molecule has 130 valence electrons. The quantitative estimate of drug-likeness (QED) is 0.609. The molecule has 2 rings (SSSR count). The Hall–Kier alpha value is -1.64. The third kappa shape index (κ3) is 5.19. The maximum Gasteiger partial charge on any atom is 0.0726 e. The van der Waals surface area contributed by atoms with E-state index < -0.39 is 0 Å². The molecule has 0 aliphatic heterocycles. The molecule has 0 aliphatic carbocycles. The van der Waals surface area contributed by atoms with Gasteiger partial charge in [-0.3, -0.25) is 4.84 Å². The Morgan fingerprint density at radius 1 is 0.875 bits per heavy atom. The Kier molecular flexibility index (Phi) is 6.59. The van der Waals surface area contributed by atoms with E-state index >= 15 is 0 Å². The molecule has 0 fully saturated rings. The lowest BCUT2D eigenvalue weighted by Gasteiger charge is -2.42. The van der Waals surface area contributed by atoms with E-state index in [2.05, 4.69) is 100 Å². The molecule has 0 radical (unpaired) electrons. The normalized spacial score (nSPS) is 13.5. The van der Waals surface area contributed by atoms with Crippen LogP contribution in [0.1, 0.15) is 51.8 Å². The number of hydrogen-bond donors (Lipinski definition) is 0. The zero-order valence-corrected chi connectivity index (χ0v) is 15.7.